The van der Waals surface area contributed by atoms with E-state index < -0.39 is 5.97 Å². The van der Waals surface area contributed by atoms with Gasteiger partial charge in [-0.2, -0.15) is 0 Å². The standard InChI is InChI=1S/C17H17IO5/c1-20-11-23-15-8-13(17(19)21-2)14(18)9-16(15)22-10-12-6-4-3-5-7-12/h3-9H,10-11H2,1-2H3. The topological polar surface area (TPSA) is 54.0 Å². The minimum absolute atomic E-state index is 0.0584. The largest absolute Gasteiger partial charge is 0.485 e. The van der Waals surface area contributed by atoms with Crippen LogP contribution >= 0.6 is 22.6 Å². The first-order valence-corrected chi connectivity index (χ1v) is 7.94. The van der Waals surface area contributed by atoms with Crippen LogP contribution in [0.5, 0.6) is 11.5 Å². The summed E-state index contributed by atoms with van der Waals surface area (Å²) in [7, 11) is 2.87. The normalized spacial score (nSPS) is 10.2. The highest BCUT2D eigenvalue weighted by Crippen LogP contribution is 2.33. The minimum atomic E-state index is -0.425. The molecule has 0 saturated heterocycles. The smallest absolute Gasteiger partial charge is 0.339 e. The zero-order chi connectivity index (χ0) is 16.7. The van der Waals surface area contributed by atoms with Crippen LogP contribution < -0.4 is 9.47 Å². The van der Waals surface area contributed by atoms with Crippen LogP contribution in [0, 0.1) is 3.57 Å². The fourth-order valence-corrected chi connectivity index (χ4v) is 2.54. The lowest BCUT2D eigenvalue weighted by Gasteiger charge is -2.14. The summed E-state index contributed by atoms with van der Waals surface area (Å²) in [6.07, 6.45) is 0. The molecule has 2 aromatic carbocycles. The first-order chi connectivity index (χ1) is 11.2. The Balaban J connectivity index is 2.25. The molecule has 0 amide bonds. The van der Waals surface area contributed by atoms with Gasteiger partial charge in [-0.15, -0.1) is 0 Å². The molecule has 2 rings (SSSR count). The Kier molecular flexibility index (Phi) is 6.66. The van der Waals surface area contributed by atoms with Crippen LogP contribution in [-0.2, 0) is 16.1 Å². The fraction of sp³-hybridized carbons (Fsp3) is 0.235. The molecule has 0 aromatic heterocycles. The Bertz CT molecular complexity index is 658. The van der Waals surface area contributed by atoms with E-state index in [1.165, 1.54) is 14.2 Å². The second-order valence-electron chi connectivity index (χ2n) is 4.60. The van der Waals surface area contributed by atoms with Gasteiger partial charge >= 0.3 is 5.97 Å². The number of methoxy groups -OCH3 is 2. The monoisotopic (exact) mass is 428 g/mol. The maximum Gasteiger partial charge on any atom is 0.339 e. The predicted molar refractivity (Wildman–Crippen MR) is 93.8 cm³/mol. The third-order valence-electron chi connectivity index (χ3n) is 3.01. The van der Waals surface area contributed by atoms with Gasteiger partial charge in [-0.25, -0.2) is 4.79 Å². The number of benzene rings is 2. The van der Waals surface area contributed by atoms with Crippen LogP contribution in [0.2, 0.25) is 0 Å². The van der Waals surface area contributed by atoms with E-state index in [0.717, 1.165) is 9.13 Å². The van der Waals surface area contributed by atoms with Gasteiger partial charge in [-0.1, -0.05) is 30.3 Å². The zero-order valence-electron chi connectivity index (χ0n) is 12.9. The van der Waals surface area contributed by atoms with Crippen molar-refractivity contribution in [2.45, 2.75) is 6.61 Å². The van der Waals surface area contributed by atoms with E-state index in [1.54, 1.807) is 12.1 Å². The number of rotatable bonds is 7. The molecule has 0 fully saturated rings. The summed E-state index contributed by atoms with van der Waals surface area (Å²) in [5, 5.41) is 0. The maximum absolute atomic E-state index is 11.8. The van der Waals surface area contributed by atoms with Crippen molar-refractivity contribution in [3.63, 3.8) is 0 Å². The van der Waals surface area contributed by atoms with Gasteiger partial charge in [0, 0.05) is 10.7 Å². The summed E-state index contributed by atoms with van der Waals surface area (Å²) in [4.78, 5) is 11.8. The molecule has 0 radical (unpaired) electrons. The molecule has 0 unspecified atom stereocenters. The van der Waals surface area contributed by atoms with Crippen molar-refractivity contribution in [2.75, 3.05) is 21.0 Å². The molecule has 5 nitrogen and oxygen atoms in total. The number of carbonyl (C=O) groups is 1. The van der Waals surface area contributed by atoms with E-state index in [4.69, 9.17) is 18.9 Å². The Morgan fingerprint density at radius 3 is 2.39 bits per heavy atom. The number of halogens is 1. The molecular weight excluding hydrogens is 411 g/mol. The lowest BCUT2D eigenvalue weighted by molar-refractivity contribution is 0.0477. The van der Waals surface area contributed by atoms with Crippen LogP contribution in [0.15, 0.2) is 42.5 Å². The van der Waals surface area contributed by atoms with Crippen molar-refractivity contribution >= 4 is 28.6 Å². The van der Waals surface area contributed by atoms with Crippen molar-refractivity contribution in [1.82, 2.24) is 0 Å². The Hall–Kier alpha value is -1.80. The Morgan fingerprint density at radius 2 is 1.74 bits per heavy atom. The van der Waals surface area contributed by atoms with Crippen molar-refractivity contribution in [3.8, 4) is 11.5 Å². The fourth-order valence-electron chi connectivity index (χ4n) is 1.88. The summed E-state index contributed by atoms with van der Waals surface area (Å²) in [5.41, 5.74) is 1.46. The predicted octanol–water partition coefficient (Wildman–Crippen LogP) is 3.64. The average molecular weight is 428 g/mol. The van der Waals surface area contributed by atoms with E-state index in [9.17, 15) is 4.79 Å². The van der Waals surface area contributed by atoms with Gasteiger partial charge in [0.05, 0.1) is 12.7 Å². The summed E-state index contributed by atoms with van der Waals surface area (Å²) < 4.78 is 21.8. The molecule has 0 aliphatic rings. The maximum atomic E-state index is 11.8. The summed E-state index contributed by atoms with van der Waals surface area (Å²) in [6, 6.07) is 13.2. The van der Waals surface area contributed by atoms with E-state index in [2.05, 4.69) is 22.6 Å². The molecule has 23 heavy (non-hydrogen) atoms. The minimum Gasteiger partial charge on any atom is -0.485 e. The average Bonchev–Trinajstić information content (AvgIpc) is 2.59. The van der Waals surface area contributed by atoms with Crippen molar-refractivity contribution < 1.29 is 23.7 Å². The Labute approximate surface area is 148 Å². The molecule has 2 aromatic rings. The van der Waals surface area contributed by atoms with Gasteiger partial charge in [0.25, 0.3) is 0 Å². The molecule has 0 saturated carbocycles. The second-order valence-corrected chi connectivity index (χ2v) is 5.76. The highest BCUT2D eigenvalue weighted by molar-refractivity contribution is 14.1. The third-order valence-corrected chi connectivity index (χ3v) is 3.90. The lowest BCUT2D eigenvalue weighted by Crippen LogP contribution is -2.08. The van der Waals surface area contributed by atoms with E-state index >= 15 is 0 Å². The molecule has 0 spiro atoms. The molecule has 0 N–H and O–H groups in total. The third kappa shape index (κ3) is 4.84. The van der Waals surface area contributed by atoms with Crippen molar-refractivity contribution in [2.24, 2.45) is 0 Å². The van der Waals surface area contributed by atoms with Gasteiger partial charge < -0.3 is 18.9 Å². The highest BCUT2D eigenvalue weighted by atomic mass is 127. The molecule has 0 bridgehead atoms. The lowest BCUT2D eigenvalue weighted by atomic mass is 10.2. The van der Waals surface area contributed by atoms with Gasteiger partial charge in [-0.3, -0.25) is 0 Å². The summed E-state index contributed by atoms with van der Waals surface area (Å²) >= 11 is 2.07. The zero-order valence-corrected chi connectivity index (χ0v) is 15.0. The number of carbonyl (C=O) groups excluding carboxylic acids is 1. The number of ether oxygens (including phenoxy) is 4. The second kappa shape index (κ2) is 8.73. The number of hydrogen-bond acceptors (Lipinski definition) is 5. The quantitative estimate of drug-likeness (QED) is 0.383. The van der Waals surface area contributed by atoms with Gasteiger partial charge in [0.15, 0.2) is 18.3 Å². The first kappa shape index (κ1) is 17.6. The van der Waals surface area contributed by atoms with Gasteiger partial charge in [-0.05, 0) is 40.3 Å². The highest BCUT2D eigenvalue weighted by Gasteiger charge is 2.17. The van der Waals surface area contributed by atoms with E-state index in [1.807, 2.05) is 30.3 Å². The SMILES string of the molecule is COCOc1cc(C(=O)OC)c(I)cc1OCc1ccccc1. The molecule has 0 aliphatic heterocycles. The van der Waals surface area contributed by atoms with E-state index in [0.29, 0.717) is 23.7 Å². The molecule has 122 valence electrons. The van der Waals surface area contributed by atoms with Crippen LogP contribution in [0.3, 0.4) is 0 Å². The van der Waals surface area contributed by atoms with E-state index in [-0.39, 0.29) is 6.79 Å². The number of esters is 1. The Morgan fingerprint density at radius 1 is 1.04 bits per heavy atom. The van der Waals surface area contributed by atoms with Crippen molar-refractivity contribution in [1.29, 1.82) is 0 Å². The summed E-state index contributed by atoms with van der Waals surface area (Å²) in [5.74, 6) is 0.554. The van der Waals surface area contributed by atoms with Crippen LogP contribution in [0.1, 0.15) is 15.9 Å². The molecule has 0 atom stereocenters. The molecular formula is C17H17IO5. The summed E-state index contributed by atoms with van der Waals surface area (Å²) in [6.45, 7) is 0.459. The molecule has 0 heterocycles. The molecule has 6 heteroatoms. The van der Waals surface area contributed by atoms with Crippen LogP contribution in [0.25, 0.3) is 0 Å². The van der Waals surface area contributed by atoms with Gasteiger partial charge in [0.1, 0.15) is 6.61 Å². The van der Waals surface area contributed by atoms with Crippen molar-refractivity contribution in [3.05, 3.63) is 57.2 Å². The van der Waals surface area contributed by atoms with Gasteiger partial charge in [0.2, 0.25) is 0 Å². The van der Waals surface area contributed by atoms with Crippen LogP contribution in [-0.4, -0.2) is 27.0 Å². The first-order valence-electron chi connectivity index (χ1n) is 6.86. The molecule has 0 aliphatic carbocycles. The number of hydrogen-bond donors (Lipinski definition) is 0. The van der Waals surface area contributed by atoms with Crippen LogP contribution in [0.4, 0.5) is 0 Å².